The lowest BCUT2D eigenvalue weighted by Gasteiger charge is -2.59. The zero-order valence-electron chi connectivity index (χ0n) is 21.4. The molecule has 0 aliphatic heterocycles. The molecular weight excluding hydrogens is 396 g/mol. The first-order valence-corrected chi connectivity index (χ1v) is 13.5. The second-order valence-electron chi connectivity index (χ2n) is 12.7. The summed E-state index contributed by atoms with van der Waals surface area (Å²) in [5, 5.41) is 20.3. The van der Waals surface area contributed by atoms with Crippen LogP contribution >= 0.6 is 0 Å². The molecule has 4 aliphatic carbocycles. The van der Waals surface area contributed by atoms with Gasteiger partial charge in [0.05, 0.1) is 6.10 Å². The Morgan fingerprint density at radius 2 is 1.81 bits per heavy atom. The summed E-state index contributed by atoms with van der Waals surface area (Å²) in [6.07, 6.45) is 15.8. The number of hydrogen-bond donors (Lipinski definition) is 2. The van der Waals surface area contributed by atoms with E-state index in [1.54, 1.807) is 0 Å². The minimum absolute atomic E-state index is 0.162. The van der Waals surface area contributed by atoms with E-state index in [9.17, 15) is 10.4 Å². The number of allylic oxidation sites excluding steroid dienone is 2. The van der Waals surface area contributed by atoms with Crippen molar-refractivity contribution in [2.45, 2.75) is 105 Å². The molecule has 182 valence electrons. The maximum Gasteiger partial charge on any atom is 0.114 e. The van der Waals surface area contributed by atoms with Crippen LogP contribution in [0, 0.1) is 52.3 Å². The van der Waals surface area contributed by atoms with Crippen molar-refractivity contribution in [3.63, 3.8) is 0 Å². The van der Waals surface area contributed by atoms with E-state index in [-0.39, 0.29) is 17.6 Å². The molecule has 0 saturated heterocycles. The molecule has 3 heteroatoms. The van der Waals surface area contributed by atoms with Gasteiger partial charge in [0.15, 0.2) is 0 Å². The first-order valence-electron chi connectivity index (χ1n) is 13.5. The van der Waals surface area contributed by atoms with Gasteiger partial charge >= 0.3 is 0 Å². The number of aliphatic hydroxyl groups excluding tert-OH is 1. The Labute approximate surface area is 196 Å². The van der Waals surface area contributed by atoms with Gasteiger partial charge in [-0.2, -0.15) is 0 Å². The molecule has 0 unspecified atom stereocenters. The third-order valence-electron chi connectivity index (χ3n) is 10.9. The van der Waals surface area contributed by atoms with Gasteiger partial charge < -0.3 is 5.11 Å². The van der Waals surface area contributed by atoms with Gasteiger partial charge in [-0.25, -0.2) is 4.89 Å². The largest absolute Gasteiger partial charge is 0.393 e. The zero-order chi connectivity index (χ0) is 23.3. The van der Waals surface area contributed by atoms with Crippen molar-refractivity contribution in [2.24, 2.45) is 52.3 Å². The Morgan fingerprint density at radius 1 is 1.06 bits per heavy atom. The fraction of sp³-hybridized carbons (Fsp3) is 0.862. The van der Waals surface area contributed by atoms with Crippen LogP contribution < -0.4 is 0 Å². The molecule has 4 aliphatic rings. The van der Waals surface area contributed by atoms with Gasteiger partial charge in [-0.15, -0.1) is 0 Å². The molecule has 0 bridgehead atoms. The van der Waals surface area contributed by atoms with Crippen LogP contribution in [0.25, 0.3) is 0 Å². The average Bonchev–Trinajstić information content (AvgIpc) is 3.11. The summed E-state index contributed by atoms with van der Waals surface area (Å²) in [6, 6.07) is 0. The van der Waals surface area contributed by atoms with Crippen LogP contribution in [0.4, 0.5) is 0 Å². The monoisotopic (exact) mass is 444 g/mol. The molecule has 10 atom stereocenters. The van der Waals surface area contributed by atoms with Crippen molar-refractivity contribution in [1.82, 2.24) is 0 Å². The van der Waals surface area contributed by atoms with E-state index in [1.807, 2.05) is 0 Å². The number of fused-ring (bicyclic) bond motifs is 5. The van der Waals surface area contributed by atoms with Gasteiger partial charge in [0.1, 0.15) is 6.10 Å². The van der Waals surface area contributed by atoms with E-state index in [2.05, 4.69) is 59.8 Å². The van der Waals surface area contributed by atoms with Gasteiger partial charge in [0.25, 0.3) is 0 Å². The van der Waals surface area contributed by atoms with Crippen molar-refractivity contribution < 1.29 is 15.3 Å². The van der Waals surface area contributed by atoms with Crippen LogP contribution in [-0.2, 0) is 4.89 Å². The van der Waals surface area contributed by atoms with Crippen LogP contribution in [0.5, 0.6) is 0 Å². The fourth-order valence-electron chi connectivity index (χ4n) is 8.89. The molecule has 0 radical (unpaired) electrons. The first kappa shape index (κ1) is 24.5. The molecule has 3 nitrogen and oxygen atoms in total. The third kappa shape index (κ3) is 3.95. The Hall–Kier alpha value is -0.640. The number of aliphatic hydroxyl groups is 1. The number of hydrogen-bond acceptors (Lipinski definition) is 3. The zero-order valence-corrected chi connectivity index (χ0v) is 21.4. The second kappa shape index (κ2) is 9.19. The van der Waals surface area contributed by atoms with E-state index in [0.29, 0.717) is 46.8 Å². The van der Waals surface area contributed by atoms with Crippen molar-refractivity contribution in [3.05, 3.63) is 23.8 Å². The van der Waals surface area contributed by atoms with E-state index in [1.165, 1.54) is 37.7 Å². The Morgan fingerprint density at radius 3 is 2.47 bits per heavy atom. The van der Waals surface area contributed by atoms with E-state index in [0.717, 1.165) is 19.3 Å². The first-order chi connectivity index (χ1) is 15.2. The molecule has 2 N–H and O–H groups in total. The summed E-state index contributed by atoms with van der Waals surface area (Å²) in [5.41, 5.74) is 1.82. The van der Waals surface area contributed by atoms with Gasteiger partial charge in [-0.3, -0.25) is 5.26 Å². The minimum Gasteiger partial charge on any atom is -0.393 e. The smallest absolute Gasteiger partial charge is 0.114 e. The number of rotatable bonds is 6. The molecule has 3 fully saturated rings. The Balaban J connectivity index is 1.59. The van der Waals surface area contributed by atoms with E-state index < -0.39 is 0 Å². The predicted molar refractivity (Wildman–Crippen MR) is 131 cm³/mol. The van der Waals surface area contributed by atoms with Crippen molar-refractivity contribution in [3.8, 4) is 0 Å². The lowest BCUT2D eigenvalue weighted by atomic mass is 9.46. The lowest BCUT2D eigenvalue weighted by Crippen LogP contribution is -2.55. The molecule has 0 spiro atoms. The third-order valence-corrected chi connectivity index (χ3v) is 10.9. The standard InChI is InChI=1S/C29H48O3/c1-7-20(18(2)3)9-8-19(4)23-10-11-24-27-25(13-15-29(23,24)6)28(5)14-12-22(30)16-21(28)17-26(27)32-31/h8-9,17-20,22-27,30-31H,7,10-16H2,1-6H3/b9-8+/t19-,20+,22+,23-,24+,25+,26-,27+,28+,29-/m1/s1. The van der Waals surface area contributed by atoms with Gasteiger partial charge in [0.2, 0.25) is 0 Å². The normalized spacial score (nSPS) is 45.8. The highest BCUT2D eigenvalue weighted by molar-refractivity contribution is 5.28. The Kier molecular flexibility index (Phi) is 7.03. The summed E-state index contributed by atoms with van der Waals surface area (Å²) in [4.78, 5) is 5.19. The lowest BCUT2D eigenvalue weighted by molar-refractivity contribution is -0.296. The van der Waals surface area contributed by atoms with Crippen LogP contribution in [0.3, 0.4) is 0 Å². The molecule has 0 aromatic rings. The van der Waals surface area contributed by atoms with E-state index in [4.69, 9.17) is 4.89 Å². The molecule has 3 saturated carbocycles. The van der Waals surface area contributed by atoms with Crippen molar-refractivity contribution in [2.75, 3.05) is 0 Å². The summed E-state index contributed by atoms with van der Waals surface area (Å²) >= 11 is 0. The quantitative estimate of drug-likeness (QED) is 0.257. The van der Waals surface area contributed by atoms with Gasteiger partial charge in [-0.05, 0) is 104 Å². The topological polar surface area (TPSA) is 49.7 Å². The van der Waals surface area contributed by atoms with Gasteiger partial charge in [0, 0.05) is 0 Å². The summed E-state index contributed by atoms with van der Waals surface area (Å²) in [7, 11) is 0. The van der Waals surface area contributed by atoms with Crippen LogP contribution in [-0.4, -0.2) is 22.6 Å². The van der Waals surface area contributed by atoms with Gasteiger partial charge in [-0.1, -0.05) is 65.3 Å². The highest BCUT2D eigenvalue weighted by Gasteiger charge is 2.61. The molecule has 0 heterocycles. The molecule has 32 heavy (non-hydrogen) atoms. The molecule has 0 amide bonds. The second-order valence-corrected chi connectivity index (χ2v) is 12.7. The van der Waals surface area contributed by atoms with Crippen LogP contribution in [0.2, 0.25) is 0 Å². The van der Waals surface area contributed by atoms with E-state index >= 15 is 0 Å². The Bertz CT molecular complexity index is 726. The van der Waals surface area contributed by atoms with Crippen molar-refractivity contribution >= 4 is 0 Å². The summed E-state index contributed by atoms with van der Waals surface area (Å²) < 4.78 is 0. The van der Waals surface area contributed by atoms with Crippen molar-refractivity contribution in [1.29, 1.82) is 0 Å². The fourth-order valence-corrected chi connectivity index (χ4v) is 8.89. The average molecular weight is 445 g/mol. The highest BCUT2D eigenvalue weighted by Crippen LogP contribution is 2.67. The maximum atomic E-state index is 10.3. The highest BCUT2D eigenvalue weighted by atomic mass is 17.1. The predicted octanol–water partition coefficient (Wildman–Crippen LogP) is 7.27. The summed E-state index contributed by atoms with van der Waals surface area (Å²) in [5.74, 6) is 4.23. The molecule has 0 aromatic carbocycles. The minimum atomic E-state index is -0.236. The molecular formula is C29H48O3. The SMILES string of the molecule is CC[C@@H](/C=C/[C@@H](C)[C@H]1CC[C@H]2[C@@H]3[C@H](OO)C=C4C[C@@H](O)CC[C@]4(C)[C@H]3CC[C@]12C)C(C)C. The molecule has 4 rings (SSSR count). The summed E-state index contributed by atoms with van der Waals surface area (Å²) in [6.45, 7) is 14.4. The van der Waals surface area contributed by atoms with Crippen LogP contribution in [0.15, 0.2) is 23.8 Å². The molecule has 0 aromatic heterocycles. The maximum absolute atomic E-state index is 10.3. The van der Waals surface area contributed by atoms with Crippen LogP contribution in [0.1, 0.15) is 92.9 Å².